The molecule has 0 saturated heterocycles. The van der Waals surface area contributed by atoms with Crippen molar-refractivity contribution in [1.29, 1.82) is 0 Å². The number of carbonyl (C=O) groups is 1. The van der Waals surface area contributed by atoms with Crippen molar-refractivity contribution in [2.75, 3.05) is 19.8 Å². The molecule has 2 rings (SSSR count). The van der Waals surface area contributed by atoms with Gasteiger partial charge in [-0.15, -0.1) is 0 Å². The maximum absolute atomic E-state index is 12.1. The Hall–Kier alpha value is -3.02. The lowest BCUT2D eigenvalue weighted by Gasteiger charge is -2.19. The minimum atomic E-state index is -0.338. The molecule has 0 atom stereocenters. The summed E-state index contributed by atoms with van der Waals surface area (Å²) in [4.78, 5) is 12.1. The molecule has 1 N–H and O–H groups in total. The summed E-state index contributed by atoms with van der Waals surface area (Å²) >= 11 is 0. The lowest BCUT2D eigenvalue weighted by atomic mass is 9.87. The molecule has 0 aliphatic rings. The largest absolute Gasteiger partial charge is 0.493 e. The average Bonchev–Trinajstić information content (AvgIpc) is 2.75. The van der Waals surface area contributed by atoms with E-state index in [4.69, 9.17) is 14.2 Å². The van der Waals surface area contributed by atoms with Crippen LogP contribution in [0, 0.1) is 0 Å². The molecule has 0 aliphatic carbocycles. The van der Waals surface area contributed by atoms with E-state index in [-0.39, 0.29) is 17.9 Å². The molecule has 6 nitrogen and oxygen atoms in total. The van der Waals surface area contributed by atoms with Crippen LogP contribution in [0.4, 0.5) is 0 Å². The van der Waals surface area contributed by atoms with Crippen molar-refractivity contribution in [1.82, 2.24) is 5.43 Å². The Morgan fingerprint density at radius 3 is 2.23 bits per heavy atom. The lowest BCUT2D eigenvalue weighted by molar-refractivity contribution is -0.123. The second-order valence-electron chi connectivity index (χ2n) is 8.25. The number of nitrogens with one attached hydrogen (secondary N) is 1. The Labute approximate surface area is 185 Å². The zero-order valence-corrected chi connectivity index (χ0v) is 19.2. The third-order valence-corrected chi connectivity index (χ3v) is 4.40. The number of hydrogen-bond donors (Lipinski definition) is 1. The zero-order valence-electron chi connectivity index (χ0n) is 19.2. The first-order valence-corrected chi connectivity index (χ1v) is 10.8. The van der Waals surface area contributed by atoms with E-state index in [1.807, 2.05) is 49.4 Å². The third-order valence-electron chi connectivity index (χ3n) is 4.40. The summed E-state index contributed by atoms with van der Waals surface area (Å²) in [6.45, 7) is 11.7. The highest BCUT2D eigenvalue weighted by atomic mass is 16.5. The van der Waals surface area contributed by atoms with Crippen LogP contribution in [0.2, 0.25) is 0 Å². The predicted octanol–water partition coefficient (Wildman–Crippen LogP) is 5.09. The van der Waals surface area contributed by atoms with E-state index in [1.165, 1.54) is 5.56 Å². The Morgan fingerprint density at radius 2 is 1.58 bits per heavy atom. The molecule has 6 heteroatoms. The quantitative estimate of drug-likeness (QED) is 0.401. The van der Waals surface area contributed by atoms with E-state index >= 15 is 0 Å². The van der Waals surface area contributed by atoms with Crippen LogP contribution in [-0.2, 0) is 10.2 Å². The van der Waals surface area contributed by atoms with Gasteiger partial charge in [-0.05, 0) is 48.1 Å². The highest BCUT2D eigenvalue weighted by Gasteiger charge is 2.13. The van der Waals surface area contributed by atoms with Gasteiger partial charge in [0.15, 0.2) is 6.61 Å². The molecular formula is C25H34N2O4. The van der Waals surface area contributed by atoms with E-state index < -0.39 is 0 Å². The van der Waals surface area contributed by atoms with Crippen molar-refractivity contribution in [3.63, 3.8) is 0 Å². The molecule has 0 saturated carbocycles. The SMILES string of the molecule is CCCOc1ccc(C=NNC(=O)COc2ccc(C(C)(C)C)cc2)c(OCCC)c1. The minimum Gasteiger partial charge on any atom is -0.493 e. The van der Waals surface area contributed by atoms with E-state index in [0.717, 1.165) is 24.2 Å². The Bertz CT molecular complexity index is 855. The minimum absolute atomic E-state index is 0.0741. The van der Waals surface area contributed by atoms with Gasteiger partial charge in [-0.25, -0.2) is 5.43 Å². The maximum atomic E-state index is 12.1. The zero-order chi connectivity index (χ0) is 22.7. The molecule has 168 valence electrons. The van der Waals surface area contributed by atoms with Gasteiger partial charge in [0.2, 0.25) is 0 Å². The first-order valence-electron chi connectivity index (χ1n) is 10.8. The van der Waals surface area contributed by atoms with E-state index in [9.17, 15) is 4.79 Å². The average molecular weight is 427 g/mol. The smallest absolute Gasteiger partial charge is 0.277 e. The van der Waals surface area contributed by atoms with Gasteiger partial charge in [0.25, 0.3) is 5.91 Å². The van der Waals surface area contributed by atoms with Gasteiger partial charge in [0.05, 0.1) is 19.4 Å². The van der Waals surface area contributed by atoms with Gasteiger partial charge < -0.3 is 14.2 Å². The van der Waals surface area contributed by atoms with Crippen molar-refractivity contribution >= 4 is 12.1 Å². The topological polar surface area (TPSA) is 69.2 Å². The highest BCUT2D eigenvalue weighted by Crippen LogP contribution is 2.25. The molecule has 0 fully saturated rings. The van der Waals surface area contributed by atoms with Crippen molar-refractivity contribution < 1.29 is 19.0 Å². The molecule has 2 aromatic rings. The standard InChI is InChI=1S/C25H34N2O4/c1-6-14-29-22-11-8-19(23(16-22)30-15-7-2)17-26-27-24(28)18-31-21-12-9-20(10-13-21)25(3,4)5/h8-13,16-17H,6-7,14-15,18H2,1-5H3,(H,27,28). The predicted molar refractivity (Wildman–Crippen MR) is 124 cm³/mol. The molecule has 0 aliphatic heterocycles. The van der Waals surface area contributed by atoms with Crippen LogP contribution in [0.25, 0.3) is 0 Å². The number of ether oxygens (including phenoxy) is 3. The molecule has 0 aromatic heterocycles. The maximum Gasteiger partial charge on any atom is 0.277 e. The van der Waals surface area contributed by atoms with Crippen LogP contribution in [0.3, 0.4) is 0 Å². The number of amides is 1. The fourth-order valence-corrected chi connectivity index (χ4v) is 2.67. The van der Waals surface area contributed by atoms with Crippen LogP contribution in [-0.4, -0.2) is 31.9 Å². The number of benzene rings is 2. The second-order valence-corrected chi connectivity index (χ2v) is 8.25. The molecule has 0 bridgehead atoms. The van der Waals surface area contributed by atoms with Crippen molar-refractivity contribution in [2.24, 2.45) is 5.10 Å². The van der Waals surface area contributed by atoms with Crippen LogP contribution >= 0.6 is 0 Å². The van der Waals surface area contributed by atoms with E-state index in [2.05, 4.69) is 38.2 Å². The van der Waals surface area contributed by atoms with Crippen molar-refractivity contribution in [3.05, 3.63) is 53.6 Å². The van der Waals surface area contributed by atoms with Gasteiger partial charge in [-0.2, -0.15) is 5.10 Å². The van der Waals surface area contributed by atoms with Crippen LogP contribution in [0.1, 0.15) is 58.6 Å². The molecular weight excluding hydrogens is 392 g/mol. The molecule has 0 radical (unpaired) electrons. The summed E-state index contributed by atoms with van der Waals surface area (Å²) < 4.78 is 17.0. The lowest BCUT2D eigenvalue weighted by Crippen LogP contribution is -2.24. The molecule has 0 heterocycles. The Balaban J connectivity index is 1.91. The first kappa shape index (κ1) is 24.3. The van der Waals surface area contributed by atoms with Gasteiger partial charge >= 0.3 is 0 Å². The van der Waals surface area contributed by atoms with Crippen LogP contribution < -0.4 is 19.6 Å². The normalized spacial score (nSPS) is 11.4. The van der Waals surface area contributed by atoms with E-state index in [1.54, 1.807) is 6.21 Å². The van der Waals surface area contributed by atoms with E-state index in [0.29, 0.717) is 24.7 Å². The molecule has 0 spiro atoms. The fraction of sp³-hybridized carbons (Fsp3) is 0.440. The highest BCUT2D eigenvalue weighted by molar-refractivity contribution is 5.85. The monoisotopic (exact) mass is 426 g/mol. The number of carbonyl (C=O) groups excluding carboxylic acids is 1. The van der Waals surface area contributed by atoms with Gasteiger partial charge in [0, 0.05) is 11.6 Å². The number of rotatable bonds is 11. The van der Waals surface area contributed by atoms with Crippen molar-refractivity contribution in [2.45, 2.75) is 52.9 Å². The molecule has 0 unspecified atom stereocenters. The Morgan fingerprint density at radius 1 is 0.935 bits per heavy atom. The summed E-state index contributed by atoms with van der Waals surface area (Å²) in [6, 6.07) is 13.3. The molecule has 1 amide bonds. The summed E-state index contributed by atoms with van der Waals surface area (Å²) in [6.07, 6.45) is 3.38. The molecule has 2 aromatic carbocycles. The van der Waals surface area contributed by atoms with Gasteiger partial charge in [0.1, 0.15) is 17.2 Å². The number of hydrogen-bond acceptors (Lipinski definition) is 5. The summed E-state index contributed by atoms with van der Waals surface area (Å²) in [7, 11) is 0. The number of nitrogens with zero attached hydrogens (tertiary/aromatic N) is 1. The number of hydrazone groups is 1. The van der Waals surface area contributed by atoms with Crippen molar-refractivity contribution in [3.8, 4) is 17.2 Å². The summed E-state index contributed by atoms with van der Waals surface area (Å²) in [5, 5.41) is 4.04. The molecule has 31 heavy (non-hydrogen) atoms. The Kier molecular flexibility index (Phi) is 9.38. The third kappa shape index (κ3) is 8.32. The summed E-state index contributed by atoms with van der Waals surface area (Å²) in [5.74, 6) is 1.73. The second kappa shape index (κ2) is 12.0. The summed E-state index contributed by atoms with van der Waals surface area (Å²) in [5.41, 5.74) is 4.53. The van der Waals surface area contributed by atoms with Crippen LogP contribution in [0.5, 0.6) is 17.2 Å². The fourth-order valence-electron chi connectivity index (χ4n) is 2.67. The van der Waals surface area contributed by atoms with Gasteiger partial charge in [-0.3, -0.25) is 4.79 Å². The first-order chi connectivity index (χ1) is 14.8. The van der Waals surface area contributed by atoms with Crippen LogP contribution in [0.15, 0.2) is 47.6 Å². The van der Waals surface area contributed by atoms with Gasteiger partial charge in [-0.1, -0.05) is 46.8 Å².